The van der Waals surface area contributed by atoms with Gasteiger partial charge < -0.3 is 15.0 Å². The van der Waals surface area contributed by atoms with Gasteiger partial charge in [0.15, 0.2) is 5.78 Å². The van der Waals surface area contributed by atoms with E-state index in [-0.39, 0.29) is 11.8 Å². The first kappa shape index (κ1) is 11.3. The lowest BCUT2D eigenvalue weighted by atomic mass is 10.0. The predicted molar refractivity (Wildman–Crippen MR) is 70.2 cm³/mol. The van der Waals surface area contributed by atoms with E-state index in [1.54, 1.807) is 13.3 Å². The number of fused-ring (bicyclic) bond motifs is 1. The molecule has 2 heterocycles. The molecule has 94 valence electrons. The van der Waals surface area contributed by atoms with Gasteiger partial charge in [0.05, 0.1) is 13.2 Å². The zero-order valence-corrected chi connectivity index (χ0v) is 10.3. The van der Waals surface area contributed by atoms with Crippen molar-refractivity contribution in [1.29, 1.82) is 0 Å². The number of hydrogen-bond donors (Lipinski definition) is 2. The van der Waals surface area contributed by atoms with E-state index in [9.17, 15) is 4.79 Å². The van der Waals surface area contributed by atoms with Gasteiger partial charge in [0.25, 0.3) is 0 Å². The largest absolute Gasteiger partial charge is 0.497 e. The number of methoxy groups -OCH3 is 1. The fourth-order valence-electron chi connectivity index (χ4n) is 2.53. The maximum Gasteiger partial charge on any atom is 0.181 e. The number of H-pyrrole nitrogens is 1. The standard InChI is InChI=1S/C14H16N2O2/c1-18-9-4-5-12-10(7-9)11(8-16-12)14(17)13-3-2-6-15-13/h4-5,7-8,13,15-16H,2-3,6H2,1H3. The molecule has 18 heavy (non-hydrogen) atoms. The van der Waals surface area contributed by atoms with Crippen molar-refractivity contribution >= 4 is 16.7 Å². The van der Waals surface area contributed by atoms with Crippen molar-refractivity contribution in [2.75, 3.05) is 13.7 Å². The van der Waals surface area contributed by atoms with Gasteiger partial charge in [0.1, 0.15) is 5.75 Å². The molecule has 4 heteroatoms. The Balaban J connectivity index is 2.02. The number of benzene rings is 1. The van der Waals surface area contributed by atoms with Crippen molar-refractivity contribution in [2.24, 2.45) is 0 Å². The Kier molecular flexibility index (Phi) is 2.80. The van der Waals surface area contributed by atoms with Crippen LogP contribution in [0.5, 0.6) is 5.75 Å². The Morgan fingerprint density at radius 2 is 2.33 bits per heavy atom. The van der Waals surface area contributed by atoms with Crippen LogP contribution in [-0.4, -0.2) is 30.5 Å². The van der Waals surface area contributed by atoms with Crippen molar-refractivity contribution in [3.63, 3.8) is 0 Å². The summed E-state index contributed by atoms with van der Waals surface area (Å²) >= 11 is 0. The fourth-order valence-corrected chi connectivity index (χ4v) is 2.53. The Labute approximate surface area is 105 Å². The monoisotopic (exact) mass is 244 g/mol. The molecule has 3 rings (SSSR count). The predicted octanol–water partition coefficient (Wildman–Crippen LogP) is 2.11. The molecule has 0 aliphatic carbocycles. The smallest absolute Gasteiger partial charge is 0.181 e. The second kappa shape index (κ2) is 4.46. The molecule has 1 saturated heterocycles. The number of carbonyl (C=O) groups is 1. The van der Waals surface area contributed by atoms with Gasteiger partial charge >= 0.3 is 0 Å². The van der Waals surface area contributed by atoms with Gasteiger partial charge in [0, 0.05) is 22.7 Å². The molecule has 0 radical (unpaired) electrons. The summed E-state index contributed by atoms with van der Waals surface area (Å²) in [5.41, 5.74) is 1.72. The van der Waals surface area contributed by atoms with Crippen LogP contribution < -0.4 is 10.1 Å². The van der Waals surface area contributed by atoms with E-state index in [0.717, 1.165) is 41.6 Å². The van der Waals surface area contributed by atoms with Crippen molar-refractivity contribution in [1.82, 2.24) is 10.3 Å². The molecule has 2 N–H and O–H groups in total. The molecule has 0 saturated carbocycles. The van der Waals surface area contributed by atoms with Crippen LogP contribution in [-0.2, 0) is 0 Å². The molecule has 1 fully saturated rings. The number of hydrogen-bond acceptors (Lipinski definition) is 3. The van der Waals surface area contributed by atoms with Crippen LogP contribution in [0.3, 0.4) is 0 Å². The SMILES string of the molecule is COc1ccc2[nH]cc(C(=O)C3CCCN3)c2c1. The lowest BCUT2D eigenvalue weighted by Crippen LogP contribution is -2.30. The van der Waals surface area contributed by atoms with Crippen molar-refractivity contribution in [2.45, 2.75) is 18.9 Å². The van der Waals surface area contributed by atoms with E-state index in [0.29, 0.717) is 0 Å². The van der Waals surface area contributed by atoms with Crippen molar-refractivity contribution in [3.05, 3.63) is 30.0 Å². The Hall–Kier alpha value is -1.81. The van der Waals surface area contributed by atoms with Gasteiger partial charge in [-0.1, -0.05) is 0 Å². The van der Waals surface area contributed by atoms with E-state index in [1.807, 2.05) is 18.2 Å². The first-order valence-electron chi connectivity index (χ1n) is 6.22. The summed E-state index contributed by atoms with van der Waals surface area (Å²) in [5, 5.41) is 4.18. The van der Waals surface area contributed by atoms with Crippen LogP contribution in [0, 0.1) is 0 Å². The summed E-state index contributed by atoms with van der Waals surface area (Å²) in [6, 6.07) is 5.71. The van der Waals surface area contributed by atoms with Crippen molar-refractivity contribution in [3.8, 4) is 5.75 Å². The third kappa shape index (κ3) is 1.78. The number of aromatic amines is 1. The van der Waals surface area contributed by atoms with E-state index < -0.39 is 0 Å². The normalized spacial score (nSPS) is 19.3. The maximum absolute atomic E-state index is 12.4. The topological polar surface area (TPSA) is 54.1 Å². The second-order valence-electron chi connectivity index (χ2n) is 4.63. The summed E-state index contributed by atoms with van der Waals surface area (Å²) in [4.78, 5) is 15.5. The Morgan fingerprint density at radius 3 is 3.06 bits per heavy atom. The third-order valence-electron chi connectivity index (χ3n) is 3.53. The molecular formula is C14H16N2O2. The molecule has 1 atom stereocenters. The van der Waals surface area contributed by atoms with Crippen LogP contribution in [0.4, 0.5) is 0 Å². The summed E-state index contributed by atoms with van der Waals surface area (Å²) in [5.74, 6) is 0.947. The lowest BCUT2D eigenvalue weighted by molar-refractivity contribution is 0.0954. The number of ketones is 1. The van der Waals surface area contributed by atoms with Crippen molar-refractivity contribution < 1.29 is 9.53 Å². The molecule has 1 aromatic heterocycles. The van der Waals surface area contributed by atoms with E-state index in [4.69, 9.17) is 4.74 Å². The minimum Gasteiger partial charge on any atom is -0.497 e. The number of rotatable bonds is 3. The number of carbonyl (C=O) groups excluding carboxylic acids is 1. The van der Waals surface area contributed by atoms with Crippen LogP contribution >= 0.6 is 0 Å². The number of Topliss-reactive ketones (excluding diaryl/α,β-unsaturated/α-hetero) is 1. The first-order chi connectivity index (χ1) is 8.79. The summed E-state index contributed by atoms with van der Waals surface area (Å²) in [6.07, 6.45) is 3.80. The highest BCUT2D eigenvalue weighted by molar-refractivity contribution is 6.10. The molecule has 0 bridgehead atoms. The first-order valence-corrected chi connectivity index (χ1v) is 6.22. The average molecular weight is 244 g/mol. The van der Waals surface area contributed by atoms with Crippen LogP contribution in [0.2, 0.25) is 0 Å². The zero-order chi connectivity index (χ0) is 12.5. The van der Waals surface area contributed by atoms with E-state index in [1.165, 1.54) is 0 Å². The van der Waals surface area contributed by atoms with Gasteiger partial charge in [-0.15, -0.1) is 0 Å². The van der Waals surface area contributed by atoms with Crippen LogP contribution in [0.15, 0.2) is 24.4 Å². The second-order valence-corrected chi connectivity index (χ2v) is 4.63. The van der Waals surface area contributed by atoms with E-state index >= 15 is 0 Å². The van der Waals surface area contributed by atoms with Gasteiger partial charge in [-0.05, 0) is 37.6 Å². The van der Waals surface area contributed by atoms with Gasteiger partial charge in [0.2, 0.25) is 0 Å². The van der Waals surface area contributed by atoms with Crippen LogP contribution in [0.25, 0.3) is 10.9 Å². The molecule has 0 amide bonds. The molecule has 4 nitrogen and oxygen atoms in total. The number of ether oxygens (including phenoxy) is 1. The molecule has 1 aliphatic heterocycles. The molecule has 2 aromatic rings. The highest BCUT2D eigenvalue weighted by Crippen LogP contribution is 2.25. The van der Waals surface area contributed by atoms with Gasteiger partial charge in [-0.25, -0.2) is 0 Å². The highest BCUT2D eigenvalue weighted by Gasteiger charge is 2.25. The molecule has 0 spiro atoms. The van der Waals surface area contributed by atoms with Gasteiger partial charge in [-0.3, -0.25) is 4.79 Å². The minimum absolute atomic E-state index is 0.0322. The Morgan fingerprint density at radius 1 is 1.44 bits per heavy atom. The van der Waals surface area contributed by atoms with Crippen LogP contribution in [0.1, 0.15) is 23.2 Å². The number of nitrogens with one attached hydrogen (secondary N) is 2. The fraction of sp³-hybridized carbons (Fsp3) is 0.357. The average Bonchev–Trinajstić information content (AvgIpc) is 3.06. The molecule has 1 unspecified atom stereocenters. The minimum atomic E-state index is -0.0322. The lowest BCUT2D eigenvalue weighted by Gasteiger charge is -2.08. The zero-order valence-electron chi connectivity index (χ0n) is 10.3. The van der Waals surface area contributed by atoms with Gasteiger partial charge in [-0.2, -0.15) is 0 Å². The van der Waals surface area contributed by atoms with E-state index in [2.05, 4.69) is 10.3 Å². The number of aromatic nitrogens is 1. The summed E-state index contributed by atoms with van der Waals surface area (Å²) < 4.78 is 5.21. The third-order valence-corrected chi connectivity index (χ3v) is 3.53. The summed E-state index contributed by atoms with van der Waals surface area (Å²) in [6.45, 7) is 0.933. The quantitative estimate of drug-likeness (QED) is 0.813. The maximum atomic E-state index is 12.4. The highest BCUT2D eigenvalue weighted by atomic mass is 16.5. The molecular weight excluding hydrogens is 228 g/mol. The summed E-state index contributed by atoms with van der Waals surface area (Å²) in [7, 11) is 1.63. The Bertz CT molecular complexity index is 582. The molecule has 1 aliphatic rings. The molecule has 1 aromatic carbocycles.